The fourth-order valence-electron chi connectivity index (χ4n) is 2.28. The number of aryl methyl sites for hydroxylation is 2. The third-order valence-electron chi connectivity index (χ3n) is 3.51. The summed E-state index contributed by atoms with van der Waals surface area (Å²) in [5, 5.41) is 2.86. The van der Waals surface area contributed by atoms with Crippen molar-refractivity contribution in [2.45, 2.75) is 27.0 Å². The van der Waals surface area contributed by atoms with Crippen LogP contribution in [-0.2, 0) is 22.7 Å². The predicted molar refractivity (Wildman–Crippen MR) is 90.4 cm³/mol. The van der Waals surface area contributed by atoms with E-state index in [9.17, 15) is 4.79 Å². The molecule has 0 unspecified atom stereocenters. The van der Waals surface area contributed by atoms with E-state index >= 15 is 0 Å². The molecule has 23 heavy (non-hydrogen) atoms. The lowest BCUT2D eigenvalue weighted by Crippen LogP contribution is -2.28. The van der Waals surface area contributed by atoms with Crippen LogP contribution in [0.25, 0.3) is 0 Å². The van der Waals surface area contributed by atoms with Crippen molar-refractivity contribution in [3.63, 3.8) is 0 Å². The third kappa shape index (κ3) is 5.42. The topological polar surface area (TPSA) is 47.6 Å². The van der Waals surface area contributed by atoms with Gasteiger partial charge in [-0.15, -0.1) is 0 Å². The molecule has 0 aliphatic heterocycles. The van der Waals surface area contributed by atoms with Crippen LogP contribution in [0.5, 0.6) is 5.75 Å². The maximum atomic E-state index is 11.9. The molecule has 122 valence electrons. The van der Waals surface area contributed by atoms with Crippen LogP contribution in [0.15, 0.2) is 42.5 Å². The Morgan fingerprint density at radius 1 is 1.04 bits per heavy atom. The molecule has 0 bridgehead atoms. The summed E-state index contributed by atoms with van der Waals surface area (Å²) in [7, 11) is 1.67. The molecular formula is C19H23NO3. The zero-order valence-electron chi connectivity index (χ0n) is 13.9. The number of hydrogen-bond acceptors (Lipinski definition) is 3. The van der Waals surface area contributed by atoms with Crippen molar-refractivity contribution in [2.24, 2.45) is 0 Å². The number of hydrogen-bond donors (Lipinski definition) is 1. The van der Waals surface area contributed by atoms with Crippen LogP contribution in [-0.4, -0.2) is 19.6 Å². The van der Waals surface area contributed by atoms with E-state index in [-0.39, 0.29) is 12.5 Å². The number of methoxy groups -OCH3 is 1. The Morgan fingerprint density at radius 3 is 2.39 bits per heavy atom. The van der Waals surface area contributed by atoms with Gasteiger partial charge in [0.2, 0.25) is 0 Å². The maximum Gasteiger partial charge on any atom is 0.258 e. The number of amides is 1. The Kier molecular flexibility index (Phi) is 6.18. The zero-order chi connectivity index (χ0) is 16.7. The molecule has 1 N–H and O–H groups in total. The monoisotopic (exact) mass is 313 g/mol. The number of rotatable bonds is 7. The predicted octanol–water partition coefficient (Wildman–Crippen LogP) is 3.15. The number of carbonyl (C=O) groups is 1. The van der Waals surface area contributed by atoms with Gasteiger partial charge >= 0.3 is 0 Å². The van der Waals surface area contributed by atoms with Crippen molar-refractivity contribution in [1.29, 1.82) is 0 Å². The summed E-state index contributed by atoms with van der Waals surface area (Å²) < 4.78 is 10.6. The number of ether oxygens (including phenoxy) is 2. The first-order chi connectivity index (χ1) is 11.1. The highest BCUT2D eigenvalue weighted by Crippen LogP contribution is 2.18. The van der Waals surface area contributed by atoms with Crippen LogP contribution in [0.3, 0.4) is 0 Å². The van der Waals surface area contributed by atoms with Crippen molar-refractivity contribution >= 4 is 5.91 Å². The fourth-order valence-corrected chi connectivity index (χ4v) is 2.28. The number of nitrogens with one attached hydrogen (secondary N) is 1. The second kappa shape index (κ2) is 8.34. The first kappa shape index (κ1) is 17.0. The lowest BCUT2D eigenvalue weighted by atomic mass is 10.1. The zero-order valence-corrected chi connectivity index (χ0v) is 13.9. The van der Waals surface area contributed by atoms with Crippen LogP contribution in [0.4, 0.5) is 0 Å². The third-order valence-corrected chi connectivity index (χ3v) is 3.51. The molecule has 0 aliphatic rings. The molecule has 4 nitrogen and oxygen atoms in total. The Labute approximate surface area is 137 Å². The van der Waals surface area contributed by atoms with Crippen LogP contribution in [0, 0.1) is 13.8 Å². The van der Waals surface area contributed by atoms with Gasteiger partial charge in [0.15, 0.2) is 6.61 Å². The minimum absolute atomic E-state index is 0.0195. The van der Waals surface area contributed by atoms with E-state index in [4.69, 9.17) is 9.47 Å². The smallest absolute Gasteiger partial charge is 0.258 e. The van der Waals surface area contributed by atoms with Crippen LogP contribution < -0.4 is 10.1 Å². The lowest BCUT2D eigenvalue weighted by molar-refractivity contribution is -0.123. The van der Waals surface area contributed by atoms with Gasteiger partial charge in [-0.2, -0.15) is 0 Å². The van der Waals surface area contributed by atoms with Gasteiger partial charge in [-0.25, -0.2) is 0 Å². The molecule has 0 atom stereocenters. The molecule has 4 heteroatoms. The minimum atomic E-state index is -0.133. The van der Waals surface area contributed by atoms with Gasteiger partial charge < -0.3 is 14.8 Å². The van der Waals surface area contributed by atoms with Gasteiger partial charge in [0.25, 0.3) is 5.91 Å². The summed E-state index contributed by atoms with van der Waals surface area (Å²) in [5.41, 5.74) is 4.37. The van der Waals surface area contributed by atoms with E-state index in [1.165, 1.54) is 5.56 Å². The molecule has 0 fully saturated rings. The van der Waals surface area contributed by atoms with Crippen molar-refractivity contribution < 1.29 is 14.3 Å². The minimum Gasteiger partial charge on any atom is -0.484 e. The molecule has 2 rings (SSSR count). The van der Waals surface area contributed by atoms with E-state index < -0.39 is 0 Å². The van der Waals surface area contributed by atoms with Crippen LogP contribution >= 0.6 is 0 Å². The molecule has 0 heterocycles. The molecule has 0 radical (unpaired) electrons. The Bertz CT molecular complexity index is 650. The lowest BCUT2D eigenvalue weighted by Gasteiger charge is -2.10. The summed E-state index contributed by atoms with van der Waals surface area (Å²) in [6.07, 6.45) is 0. The van der Waals surface area contributed by atoms with E-state index in [1.54, 1.807) is 7.11 Å². The summed E-state index contributed by atoms with van der Waals surface area (Å²) in [5.74, 6) is 0.612. The van der Waals surface area contributed by atoms with Gasteiger partial charge in [0.1, 0.15) is 5.75 Å². The highest BCUT2D eigenvalue weighted by Gasteiger charge is 2.05. The molecule has 2 aromatic rings. The van der Waals surface area contributed by atoms with Gasteiger partial charge in [0, 0.05) is 13.7 Å². The first-order valence-corrected chi connectivity index (χ1v) is 7.62. The molecule has 2 aromatic carbocycles. The van der Waals surface area contributed by atoms with E-state index in [0.717, 1.165) is 22.4 Å². The SMILES string of the molecule is COCc1ccc(CNC(=O)COc2ccc(C)cc2C)cc1. The fraction of sp³-hybridized carbons (Fsp3) is 0.316. The number of carbonyl (C=O) groups excluding carboxylic acids is 1. The number of benzene rings is 2. The quantitative estimate of drug-likeness (QED) is 0.854. The average molecular weight is 313 g/mol. The molecule has 0 spiro atoms. The highest BCUT2D eigenvalue weighted by atomic mass is 16.5. The largest absolute Gasteiger partial charge is 0.484 e. The van der Waals surface area contributed by atoms with E-state index in [1.807, 2.05) is 56.3 Å². The molecule has 0 saturated carbocycles. The highest BCUT2D eigenvalue weighted by molar-refractivity contribution is 5.77. The Hall–Kier alpha value is -2.33. The Balaban J connectivity index is 1.78. The normalized spacial score (nSPS) is 10.4. The van der Waals surface area contributed by atoms with Gasteiger partial charge in [-0.3, -0.25) is 4.79 Å². The van der Waals surface area contributed by atoms with Crippen molar-refractivity contribution in [2.75, 3.05) is 13.7 Å². The summed E-state index contributed by atoms with van der Waals surface area (Å²) >= 11 is 0. The van der Waals surface area contributed by atoms with E-state index in [2.05, 4.69) is 5.32 Å². The molecule has 0 aliphatic carbocycles. The molecule has 1 amide bonds. The maximum absolute atomic E-state index is 11.9. The summed E-state index contributed by atoms with van der Waals surface area (Å²) in [4.78, 5) is 11.9. The molecule has 0 aromatic heterocycles. The first-order valence-electron chi connectivity index (χ1n) is 7.62. The van der Waals surface area contributed by atoms with Crippen molar-refractivity contribution in [3.05, 3.63) is 64.7 Å². The molecule has 0 saturated heterocycles. The van der Waals surface area contributed by atoms with Crippen molar-refractivity contribution in [1.82, 2.24) is 5.32 Å². The van der Waals surface area contributed by atoms with Gasteiger partial charge in [-0.05, 0) is 36.6 Å². The summed E-state index contributed by atoms with van der Waals surface area (Å²) in [6, 6.07) is 13.9. The van der Waals surface area contributed by atoms with Crippen LogP contribution in [0.1, 0.15) is 22.3 Å². The Morgan fingerprint density at radius 2 is 1.74 bits per heavy atom. The van der Waals surface area contributed by atoms with E-state index in [0.29, 0.717) is 13.2 Å². The second-order valence-electron chi connectivity index (χ2n) is 5.58. The second-order valence-corrected chi connectivity index (χ2v) is 5.58. The van der Waals surface area contributed by atoms with Crippen LogP contribution in [0.2, 0.25) is 0 Å². The standard InChI is InChI=1S/C19H23NO3/c1-14-4-9-18(15(2)10-14)23-13-19(21)20-11-16-5-7-17(8-6-16)12-22-3/h4-10H,11-13H2,1-3H3,(H,20,21). The molecular weight excluding hydrogens is 290 g/mol. The van der Waals surface area contributed by atoms with Gasteiger partial charge in [0.05, 0.1) is 6.61 Å². The summed E-state index contributed by atoms with van der Waals surface area (Å²) in [6.45, 7) is 5.10. The van der Waals surface area contributed by atoms with Crippen molar-refractivity contribution in [3.8, 4) is 5.75 Å². The average Bonchev–Trinajstić information content (AvgIpc) is 2.54. The van der Waals surface area contributed by atoms with Gasteiger partial charge in [-0.1, -0.05) is 42.0 Å².